The number of amides is 1. The number of hydrogen-bond donors (Lipinski definition) is 2. The van der Waals surface area contributed by atoms with Gasteiger partial charge in [0, 0.05) is 17.1 Å². The average molecular weight is 215 g/mol. The maximum Gasteiger partial charge on any atom is 0.425 e. The number of carbonyl (C=O) groups is 1. The molecular formula is C11H9N3O2. The number of aromatic nitrogens is 1. The summed E-state index contributed by atoms with van der Waals surface area (Å²) in [5.74, 6) is 0. The Hall–Kier alpha value is -2.43. The summed E-state index contributed by atoms with van der Waals surface area (Å²) < 4.78 is 0. The van der Waals surface area contributed by atoms with E-state index in [0.717, 1.165) is 16.5 Å². The Bertz CT molecular complexity index is 546. The second-order valence-corrected chi connectivity index (χ2v) is 3.09. The fourth-order valence-corrected chi connectivity index (χ4v) is 1.39. The number of para-hydroxylation sites is 1. The third kappa shape index (κ3) is 2.14. The van der Waals surface area contributed by atoms with Gasteiger partial charge in [-0.1, -0.05) is 18.2 Å². The summed E-state index contributed by atoms with van der Waals surface area (Å²) >= 11 is 0. The zero-order chi connectivity index (χ0) is 11.4. The number of hydrogen-bond acceptors (Lipinski definition) is 3. The molecule has 1 aromatic heterocycles. The molecular weight excluding hydrogens is 206 g/mol. The molecule has 0 saturated carbocycles. The van der Waals surface area contributed by atoms with Gasteiger partial charge >= 0.3 is 6.09 Å². The fraction of sp³-hybridized carbons (Fsp3) is 0. The van der Waals surface area contributed by atoms with E-state index in [1.807, 2.05) is 29.7 Å². The van der Waals surface area contributed by atoms with Gasteiger partial charge in [0.05, 0.1) is 11.7 Å². The van der Waals surface area contributed by atoms with E-state index in [0.29, 0.717) is 0 Å². The largest absolute Gasteiger partial charge is 0.464 e. The molecule has 2 aromatic rings. The Balaban J connectivity index is 2.37. The molecule has 2 rings (SSSR count). The van der Waals surface area contributed by atoms with Crippen LogP contribution in [-0.2, 0) is 0 Å². The monoisotopic (exact) mass is 215 g/mol. The van der Waals surface area contributed by atoms with Crippen LogP contribution in [0.1, 0.15) is 5.56 Å². The molecule has 1 amide bonds. The first-order chi connectivity index (χ1) is 7.77. The van der Waals surface area contributed by atoms with Gasteiger partial charge in [0.2, 0.25) is 0 Å². The van der Waals surface area contributed by atoms with Crippen molar-refractivity contribution in [3.8, 4) is 0 Å². The number of fused-ring (bicyclic) bond motifs is 1. The lowest BCUT2D eigenvalue weighted by atomic mass is 10.1. The standard InChI is InChI=1S/C11H9N3O2/c15-11(16)14-13-7-8-5-6-12-10-4-2-1-3-9(8)10/h1-7,14H,(H,15,16)/b13-7+. The van der Waals surface area contributed by atoms with Crippen molar-refractivity contribution in [2.45, 2.75) is 0 Å². The maximum atomic E-state index is 10.2. The van der Waals surface area contributed by atoms with Gasteiger partial charge < -0.3 is 5.11 Å². The minimum absolute atomic E-state index is 0.819. The SMILES string of the molecule is O=C(O)N/N=C/c1ccnc2ccccc12. The van der Waals surface area contributed by atoms with Gasteiger partial charge in [-0.15, -0.1) is 0 Å². The molecule has 0 aliphatic heterocycles. The number of hydrazone groups is 1. The van der Waals surface area contributed by atoms with Crippen LogP contribution in [0.3, 0.4) is 0 Å². The molecule has 1 heterocycles. The van der Waals surface area contributed by atoms with Crippen LogP contribution in [0.4, 0.5) is 4.79 Å². The molecule has 0 atom stereocenters. The summed E-state index contributed by atoms with van der Waals surface area (Å²) in [4.78, 5) is 14.4. The van der Waals surface area contributed by atoms with Gasteiger partial charge in [-0.2, -0.15) is 5.10 Å². The van der Waals surface area contributed by atoms with Crippen molar-refractivity contribution >= 4 is 23.2 Å². The number of nitrogens with zero attached hydrogens (tertiary/aromatic N) is 2. The molecule has 0 saturated heterocycles. The van der Waals surface area contributed by atoms with Gasteiger partial charge in [0.25, 0.3) is 0 Å². The summed E-state index contributed by atoms with van der Waals surface area (Å²) in [6.45, 7) is 0. The lowest BCUT2D eigenvalue weighted by molar-refractivity contribution is 0.195. The summed E-state index contributed by atoms with van der Waals surface area (Å²) in [5, 5.41) is 12.9. The smallest absolute Gasteiger partial charge is 0.425 e. The minimum Gasteiger partial charge on any atom is -0.464 e. The Kier molecular flexibility index (Phi) is 2.77. The van der Waals surface area contributed by atoms with Crippen molar-refractivity contribution in [2.24, 2.45) is 5.10 Å². The highest BCUT2D eigenvalue weighted by Crippen LogP contribution is 2.13. The Morgan fingerprint density at radius 3 is 3.00 bits per heavy atom. The zero-order valence-electron chi connectivity index (χ0n) is 8.29. The van der Waals surface area contributed by atoms with Crippen molar-refractivity contribution in [3.05, 3.63) is 42.1 Å². The van der Waals surface area contributed by atoms with E-state index in [1.54, 1.807) is 12.3 Å². The predicted molar refractivity (Wildman–Crippen MR) is 60.5 cm³/mol. The lowest BCUT2D eigenvalue weighted by Crippen LogP contribution is -2.13. The number of rotatable bonds is 2. The van der Waals surface area contributed by atoms with E-state index >= 15 is 0 Å². The Morgan fingerprint density at radius 1 is 1.38 bits per heavy atom. The molecule has 0 aliphatic rings. The third-order valence-electron chi connectivity index (χ3n) is 2.05. The maximum absolute atomic E-state index is 10.2. The van der Waals surface area contributed by atoms with Crippen LogP contribution in [-0.4, -0.2) is 22.4 Å². The lowest BCUT2D eigenvalue weighted by Gasteiger charge is -1.99. The number of benzene rings is 1. The fourth-order valence-electron chi connectivity index (χ4n) is 1.39. The second-order valence-electron chi connectivity index (χ2n) is 3.09. The molecule has 80 valence electrons. The van der Waals surface area contributed by atoms with Gasteiger partial charge in [0.1, 0.15) is 0 Å². The quantitative estimate of drug-likeness (QED) is 0.592. The van der Waals surface area contributed by atoms with Crippen LogP contribution in [0.15, 0.2) is 41.6 Å². The molecule has 5 heteroatoms. The summed E-state index contributed by atoms with van der Waals surface area (Å²) in [6.07, 6.45) is 1.93. The molecule has 0 unspecified atom stereocenters. The topological polar surface area (TPSA) is 74.6 Å². The van der Waals surface area contributed by atoms with Crippen LogP contribution in [0.2, 0.25) is 0 Å². The first-order valence-corrected chi connectivity index (χ1v) is 4.63. The van der Waals surface area contributed by atoms with Crippen molar-refractivity contribution < 1.29 is 9.90 Å². The van der Waals surface area contributed by atoms with E-state index in [9.17, 15) is 4.79 Å². The van der Waals surface area contributed by atoms with E-state index < -0.39 is 6.09 Å². The zero-order valence-corrected chi connectivity index (χ0v) is 8.29. The number of nitrogens with one attached hydrogen (secondary N) is 1. The molecule has 2 N–H and O–H groups in total. The first-order valence-electron chi connectivity index (χ1n) is 4.63. The average Bonchev–Trinajstić information content (AvgIpc) is 2.29. The highest BCUT2D eigenvalue weighted by Gasteiger charge is 1.98. The van der Waals surface area contributed by atoms with Crippen molar-refractivity contribution in [1.29, 1.82) is 0 Å². The molecule has 16 heavy (non-hydrogen) atoms. The second kappa shape index (κ2) is 4.39. The van der Waals surface area contributed by atoms with Crippen molar-refractivity contribution in [1.82, 2.24) is 10.4 Å². The summed E-state index contributed by atoms with van der Waals surface area (Å²) in [7, 11) is 0. The molecule has 1 aromatic carbocycles. The minimum atomic E-state index is -1.19. The molecule has 0 fully saturated rings. The van der Waals surface area contributed by atoms with Gasteiger partial charge in [-0.3, -0.25) is 4.98 Å². The molecule has 0 aliphatic carbocycles. The molecule has 5 nitrogen and oxygen atoms in total. The van der Waals surface area contributed by atoms with Gasteiger partial charge in [0.15, 0.2) is 0 Å². The van der Waals surface area contributed by atoms with Crippen LogP contribution in [0.5, 0.6) is 0 Å². The van der Waals surface area contributed by atoms with Crippen molar-refractivity contribution in [2.75, 3.05) is 0 Å². The summed E-state index contributed by atoms with van der Waals surface area (Å²) in [5.41, 5.74) is 3.59. The van der Waals surface area contributed by atoms with E-state index in [1.165, 1.54) is 6.21 Å². The van der Waals surface area contributed by atoms with Gasteiger partial charge in [-0.25, -0.2) is 10.2 Å². The van der Waals surface area contributed by atoms with E-state index in [2.05, 4.69) is 10.1 Å². The molecule has 0 spiro atoms. The van der Waals surface area contributed by atoms with Crippen LogP contribution < -0.4 is 5.43 Å². The Labute approximate surface area is 91.4 Å². The predicted octanol–water partition coefficient (Wildman–Crippen LogP) is 1.84. The van der Waals surface area contributed by atoms with E-state index in [4.69, 9.17) is 5.11 Å². The highest BCUT2D eigenvalue weighted by atomic mass is 16.4. The highest BCUT2D eigenvalue weighted by molar-refractivity contribution is 5.98. The van der Waals surface area contributed by atoms with Crippen LogP contribution in [0.25, 0.3) is 10.9 Å². The van der Waals surface area contributed by atoms with Gasteiger partial charge in [-0.05, 0) is 12.1 Å². The molecule has 0 bridgehead atoms. The normalized spacial score (nSPS) is 10.8. The summed E-state index contributed by atoms with van der Waals surface area (Å²) in [6, 6.07) is 9.36. The van der Waals surface area contributed by atoms with Crippen molar-refractivity contribution in [3.63, 3.8) is 0 Å². The van der Waals surface area contributed by atoms with E-state index in [-0.39, 0.29) is 0 Å². The first kappa shape index (κ1) is 10.1. The third-order valence-corrected chi connectivity index (χ3v) is 2.05. The number of carboxylic acid groups (broad SMARTS) is 1. The Morgan fingerprint density at radius 2 is 2.19 bits per heavy atom. The number of pyridine rings is 1. The molecule has 0 radical (unpaired) electrons. The van der Waals surface area contributed by atoms with Crippen LogP contribution >= 0.6 is 0 Å². The van der Waals surface area contributed by atoms with Crippen LogP contribution in [0, 0.1) is 0 Å².